The van der Waals surface area contributed by atoms with Crippen LogP contribution in [0.5, 0.6) is 0 Å². The van der Waals surface area contributed by atoms with Crippen molar-refractivity contribution in [2.24, 2.45) is 0 Å². The summed E-state index contributed by atoms with van der Waals surface area (Å²) in [4.78, 5) is 0. The summed E-state index contributed by atoms with van der Waals surface area (Å²) in [6, 6.07) is 35.9. The van der Waals surface area contributed by atoms with E-state index in [0.29, 0.717) is 0 Å². The number of benzene rings is 4. The van der Waals surface area contributed by atoms with Gasteiger partial charge in [-0.2, -0.15) is 0 Å². The number of rotatable bonds is 8. The van der Waals surface area contributed by atoms with E-state index < -0.39 is 20.0 Å². The van der Waals surface area contributed by atoms with E-state index >= 15 is 0 Å². The summed E-state index contributed by atoms with van der Waals surface area (Å²) >= 11 is -5.75. The number of allylic oxidation sites excluding steroid dienone is 2. The minimum absolute atomic E-state index is 0.00949. The minimum atomic E-state index is -5.75. The molecule has 2 unspecified atom stereocenters. The fraction of sp³-hybridized carbons (Fsp3) is 0.300. The molecule has 2 aliphatic rings. The SMILES string of the molecule is CCCCC1=Cc2c(-c3ccc(C(C)(C)C)cc3)cccc2[CH]1[Zr]([Cl])([Cl])([c]1ccccc1)([CH]1C=Cc2ccccc21)[SiH](C)C. The monoisotopic (exact) mass is 714 g/mol. The third kappa shape index (κ3) is 4.53. The summed E-state index contributed by atoms with van der Waals surface area (Å²) < 4.78 is 1.19. The van der Waals surface area contributed by atoms with E-state index in [1.807, 2.05) is 0 Å². The van der Waals surface area contributed by atoms with E-state index in [4.69, 9.17) is 17.0 Å². The summed E-state index contributed by atoms with van der Waals surface area (Å²) in [6.45, 7) is 14.0. The third-order valence-electron chi connectivity index (χ3n) is 11.2. The molecule has 4 aromatic rings. The molecule has 0 radical (unpaired) electrons. The summed E-state index contributed by atoms with van der Waals surface area (Å²) in [5.74, 6) is -1.85. The molecule has 0 aromatic heterocycles. The van der Waals surface area contributed by atoms with Gasteiger partial charge in [0.15, 0.2) is 0 Å². The van der Waals surface area contributed by atoms with Gasteiger partial charge in [0.25, 0.3) is 0 Å². The second-order valence-corrected chi connectivity index (χ2v) is 65.8. The van der Waals surface area contributed by atoms with Crippen molar-refractivity contribution in [1.29, 1.82) is 0 Å². The first kappa shape index (κ1) is 32.0. The molecule has 0 nitrogen and oxygen atoms in total. The van der Waals surface area contributed by atoms with Crippen LogP contribution in [0.2, 0.25) is 13.1 Å². The molecule has 0 aliphatic heterocycles. The predicted octanol–water partition coefficient (Wildman–Crippen LogP) is 11.9. The van der Waals surface area contributed by atoms with Gasteiger partial charge in [-0.25, -0.2) is 0 Å². The van der Waals surface area contributed by atoms with Crippen molar-refractivity contribution >= 4 is 38.4 Å². The Labute approximate surface area is 270 Å². The molecule has 0 N–H and O–H groups in total. The van der Waals surface area contributed by atoms with Crippen LogP contribution in [0.1, 0.15) is 82.0 Å². The summed E-state index contributed by atoms with van der Waals surface area (Å²) in [5, 5.41) is 0. The number of hydrogen-bond donors (Lipinski definition) is 0. The molecule has 0 heterocycles. The molecule has 4 heteroatoms. The first-order valence-electron chi connectivity index (χ1n) is 16.4. The average Bonchev–Trinajstić information content (AvgIpc) is 3.64. The van der Waals surface area contributed by atoms with Crippen molar-refractivity contribution in [3.8, 4) is 11.1 Å². The Morgan fingerprint density at radius 1 is 0.773 bits per heavy atom. The molecule has 4 aromatic carbocycles. The first-order chi connectivity index (χ1) is 20.9. The van der Waals surface area contributed by atoms with Gasteiger partial charge in [-0.1, -0.05) is 0 Å². The van der Waals surface area contributed by atoms with Gasteiger partial charge in [0.05, 0.1) is 0 Å². The fourth-order valence-electron chi connectivity index (χ4n) is 8.55. The van der Waals surface area contributed by atoms with Crippen molar-refractivity contribution < 1.29 is 14.1 Å². The molecular formula is C40H46Cl2SiZr. The van der Waals surface area contributed by atoms with Gasteiger partial charge in [0.1, 0.15) is 0 Å². The van der Waals surface area contributed by atoms with Crippen LogP contribution in [-0.2, 0) is 19.5 Å². The Bertz CT molecular complexity index is 1780. The van der Waals surface area contributed by atoms with Crippen molar-refractivity contribution in [1.82, 2.24) is 0 Å². The Morgan fingerprint density at radius 3 is 2.09 bits per heavy atom. The van der Waals surface area contributed by atoms with Crippen LogP contribution in [0, 0.1) is 0 Å². The zero-order valence-corrected chi connectivity index (χ0v) is 32.2. The van der Waals surface area contributed by atoms with E-state index in [-0.39, 0.29) is 12.7 Å². The van der Waals surface area contributed by atoms with E-state index in [9.17, 15) is 0 Å². The molecule has 0 bridgehead atoms. The van der Waals surface area contributed by atoms with Crippen LogP contribution in [-0.4, -0.2) is 5.92 Å². The molecule has 6 rings (SSSR count). The van der Waals surface area contributed by atoms with Gasteiger partial charge in [0, 0.05) is 0 Å². The number of hydrogen-bond acceptors (Lipinski definition) is 0. The first-order valence-corrected chi connectivity index (χ1v) is 34.0. The van der Waals surface area contributed by atoms with Gasteiger partial charge < -0.3 is 0 Å². The second-order valence-electron chi connectivity index (χ2n) is 14.7. The Balaban J connectivity index is 1.68. The van der Waals surface area contributed by atoms with E-state index in [1.165, 1.54) is 47.8 Å². The Hall–Kier alpha value is -1.96. The van der Waals surface area contributed by atoms with E-state index in [1.54, 1.807) is 0 Å². The molecule has 2 atom stereocenters. The maximum atomic E-state index is 9.06. The maximum absolute atomic E-state index is 9.06. The van der Waals surface area contributed by atoms with Crippen LogP contribution in [0.15, 0.2) is 109 Å². The number of unbranched alkanes of at least 4 members (excludes halogenated alkanes) is 1. The predicted molar refractivity (Wildman–Crippen MR) is 196 cm³/mol. The molecule has 0 saturated carbocycles. The van der Waals surface area contributed by atoms with Crippen molar-refractivity contribution in [2.45, 2.75) is 72.7 Å². The number of fused-ring (bicyclic) bond motifs is 2. The van der Waals surface area contributed by atoms with Gasteiger partial charge in [0.2, 0.25) is 0 Å². The van der Waals surface area contributed by atoms with Crippen LogP contribution in [0.25, 0.3) is 23.3 Å². The van der Waals surface area contributed by atoms with Crippen molar-refractivity contribution in [3.05, 3.63) is 137 Å². The molecule has 228 valence electrons. The van der Waals surface area contributed by atoms with Crippen LogP contribution < -0.4 is 3.27 Å². The molecule has 0 saturated heterocycles. The second kappa shape index (κ2) is 11.1. The van der Waals surface area contributed by atoms with Crippen LogP contribution in [0.3, 0.4) is 0 Å². The average molecular weight is 717 g/mol. The third-order valence-corrected chi connectivity index (χ3v) is 78.3. The topological polar surface area (TPSA) is 0 Å². The summed E-state index contributed by atoms with van der Waals surface area (Å²) in [5.41, 5.74) is 10.6. The molecule has 44 heavy (non-hydrogen) atoms. The van der Waals surface area contributed by atoms with E-state index in [0.717, 1.165) is 19.3 Å². The van der Waals surface area contributed by atoms with Gasteiger partial charge >= 0.3 is 273 Å². The fourth-order valence-corrected chi connectivity index (χ4v) is 51.9. The Morgan fingerprint density at radius 2 is 1.43 bits per heavy atom. The summed E-state index contributed by atoms with van der Waals surface area (Å²) in [7, 11) is 18.1. The quantitative estimate of drug-likeness (QED) is 0.159. The van der Waals surface area contributed by atoms with Crippen molar-refractivity contribution in [3.63, 3.8) is 0 Å². The molecule has 0 fully saturated rings. The van der Waals surface area contributed by atoms with E-state index in [2.05, 4.69) is 156 Å². The number of halogens is 2. The zero-order valence-electron chi connectivity index (χ0n) is 27.1. The summed E-state index contributed by atoms with van der Waals surface area (Å²) in [6.07, 6.45) is 10.5. The standard InChI is InChI=1S/C23H27.C9H7.C6H5.C2H7Si.2ClH.Zr/c1-5-6-8-17-15-19-9-7-10-21(22(19)16-17)18-11-13-20(14-12-18)23(2,3)4;1-2-5-9-7-3-6-8(9)4-1;1-2-4-6-5-3-1;1-3-2;;;/h7,9-16H,5-6,8H2,1-4H3;1-7H;1-5H;3H,1-2H3;2*1H;/q;;;;;;+2/p-2. The van der Waals surface area contributed by atoms with Crippen molar-refractivity contribution in [2.75, 3.05) is 0 Å². The van der Waals surface area contributed by atoms with Gasteiger partial charge in [-0.15, -0.1) is 0 Å². The van der Waals surface area contributed by atoms with Gasteiger partial charge in [-0.3, -0.25) is 0 Å². The van der Waals surface area contributed by atoms with Crippen LogP contribution >= 0.6 is 17.0 Å². The molecule has 0 spiro atoms. The molecular weight excluding hydrogens is 671 g/mol. The Kier molecular flexibility index (Phi) is 8.06. The molecule has 2 aliphatic carbocycles. The van der Waals surface area contributed by atoms with Crippen LogP contribution in [0.4, 0.5) is 0 Å². The van der Waals surface area contributed by atoms with Gasteiger partial charge in [-0.05, 0) is 0 Å². The zero-order chi connectivity index (χ0) is 31.4. The molecule has 0 amide bonds. The normalized spacial score (nSPS) is 19.3.